The van der Waals surface area contributed by atoms with Gasteiger partial charge in [-0.2, -0.15) is 0 Å². The van der Waals surface area contributed by atoms with E-state index in [1.165, 1.54) is 11.1 Å². The highest BCUT2D eigenvalue weighted by atomic mass is 16.5. The molecule has 0 fully saturated rings. The number of ether oxygens (including phenoxy) is 1. The van der Waals surface area contributed by atoms with Crippen LogP contribution in [-0.4, -0.2) is 25.5 Å². The van der Waals surface area contributed by atoms with Gasteiger partial charge in [0.05, 0.1) is 6.54 Å². The molecular weight excluding hydrogens is 266 g/mol. The summed E-state index contributed by atoms with van der Waals surface area (Å²) < 4.78 is 5.21. The van der Waals surface area contributed by atoms with Crippen molar-refractivity contribution in [3.8, 4) is 11.1 Å². The molecule has 0 saturated heterocycles. The fraction of sp³-hybridized carbons (Fsp3) is 0.176. The molecule has 1 radical (unpaired) electrons. The van der Waals surface area contributed by atoms with Gasteiger partial charge in [-0.25, -0.2) is 4.79 Å². The molecule has 0 atom stereocenters. The van der Waals surface area contributed by atoms with Gasteiger partial charge in [-0.05, 0) is 22.3 Å². The van der Waals surface area contributed by atoms with Gasteiger partial charge in [-0.15, -0.1) is 0 Å². The molecule has 1 amide bonds. The van der Waals surface area contributed by atoms with E-state index >= 15 is 0 Å². The van der Waals surface area contributed by atoms with E-state index in [2.05, 4.69) is 29.6 Å². The fourth-order valence-corrected chi connectivity index (χ4v) is 2.76. The predicted molar refractivity (Wildman–Crippen MR) is 78.8 cm³/mol. The summed E-state index contributed by atoms with van der Waals surface area (Å²) >= 11 is 0. The maximum absolute atomic E-state index is 11.5. The largest absolute Gasteiger partial charge is 0.449 e. The highest BCUT2D eigenvalue weighted by molar-refractivity contribution is 5.79. The Morgan fingerprint density at radius 2 is 1.62 bits per heavy atom. The summed E-state index contributed by atoms with van der Waals surface area (Å²) in [5.41, 5.74) is 4.69. The first-order valence-electron chi connectivity index (χ1n) is 6.75. The van der Waals surface area contributed by atoms with Crippen molar-refractivity contribution in [3.63, 3.8) is 0 Å². The van der Waals surface area contributed by atoms with E-state index < -0.39 is 6.09 Å². The number of alkyl carbamates (subject to hydrolysis) is 1. The lowest BCUT2D eigenvalue weighted by Crippen LogP contribution is -2.27. The lowest BCUT2D eigenvalue weighted by atomic mass is 9.98. The average Bonchev–Trinajstić information content (AvgIpc) is 2.85. The molecule has 4 heteroatoms. The first-order valence-corrected chi connectivity index (χ1v) is 6.75. The summed E-state index contributed by atoms with van der Waals surface area (Å²) in [7, 11) is 0. The third-order valence-corrected chi connectivity index (χ3v) is 3.65. The summed E-state index contributed by atoms with van der Waals surface area (Å²) in [5, 5.41) is 2.32. The van der Waals surface area contributed by atoms with Crippen LogP contribution in [0, 0.1) is 0 Å². The molecule has 4 nitrogen and oxygen atoms in total. The maximum atomic E-state index is 11.5. The molecule has 0 aromatic heterocycles. The summed E-state index contributed by atoms with van der Waals surface area (Å²) in [6, 6.07) is 16.3. The van der Waals surface area contributed by atoms with Crippen LogP contribution in [0.4, 0.5) is 4.79 Å². The second kappa shape index (κ2) is 5.79. The smallest absolute Gasteiger partial charge is 0.407 e. The molecular formula is C17H14NO3. The van der Waals surface area contributed by atoms with Crippen LogP contribution in [0.5, 0.6) is 0 Å². The fourth-order valence-electron chi connectivity index (χ4n) is 2.76. The van der Waals surface area contributed by atoms with Gasteiger partial charge in [0.1, 0.15) is 6.61 Å². The van der Waals surface area contributed by atoms with Crippen LogP contribution in [0.1, 0.15) is 17.0 Å². The van der Waals surface area contributed by atoms with Crippen molar-refractivity contribution in [2.45, 2.75) is 5.92 Å². The molecule has 1 N–H and O–H groups in total. The molecule has 1 aliphatic rings. The SMILES string of the molecule is O=[C]CNC(=O)OCC1c2ccccc2-c2ccccc21. The minimum atomic E-state index is -0.597. The Balaban J connectivity index is 1.82. The van der Waals surface area contributed by atoms with Gasteiger partial charge < -0.3 is 10.1 Å². The molecule has 2 aromatic carbocycles. The van der Waals surface area contributed by atoms with Crippen LogP contribution in [0.15, 0.2) is 48.5 Å². The average molecular weight is 280 g/mol. The van der Waals surface area contributed by atoms with E-state index in [1.54, 1.807) is 6.29 Å². The van der Waals surface area contributed by atoms with Crippen molar-refractivity contribution < 1.29 is 14.3 Å². The van der Waals surface area contributed by atoms with Crippen molar-refractivity contribution in [2.75, 3.05) is 13.2 Å². The molecule has 0 spiro atoms. The van der Waals surface area contributed by atoms with E-state index in [4.69, 9.17) is 4.74 Å². The van der Waals surface area contributed by atoms with E-state index in [0.717, 1.165) is 11.1 Å². The number of carbonyl (C=O) groups excluding carboxylic acids is 2. The number of rotatable bonds is 4. The molecule has 0 saturated carbocycles. The van der Waals surface area contributed by atoms with Crippen LogP contribution in [0.3, 0.4) is 0 Å². The zero-order valence-electron chi connectivity index (χ0n) is 11.3. The number of hydrogen-bond acceptors (Lipinski definition) is 3. The Kier molecular flexibility index (Phi) is 3.69. The monoisotopic (exact) mass is 280 g/mol. The highest BCUT2D eigenvalue weighted by Crippen LogP contribution is 2.44. The van der Waals surface area contributed by atoms with Gasteiger partial charge in [0, 0.05) is 5.92 Å². The summed E-state index contributed by atoms with van der Waals surface area (Å²) in [4.78, 5) is 21.6. The Labute approximate surface area is 122 Å². The minimum absolute atomic E-state index is 0.0309. The third-order valence-electron chi connectivity index (χ3n) is 3.65. The number of hydrogen-bond donors (Lipinski definition) is 1. The Bertz CT molecular complexity index is 636. The summed E-state index contributed by atoms with van der Waals surface area (Å²) in [6.07, 6.45) is 0.999. The Morgan fingerprint density at radius 1 is 1.05 bits per heavy atom. The topological polar surface area (TPSA) is 55.4 Å². The van der Waals surface area contributed by atoms with Crippen LogP contribution >= 0.6 is 0 Å². The number of benzene rings is 2. The van der Waals surface area contributed by atoms with Crippen molar-refractivity contribution in [1.82, 2.24) is 5.32 Å². The van der Waals surface area contributed by atoms with Crippen molar-refractivity contribution in [1.29, 1.82) is 0 Å². The zero-order valence-corrected chi connectivity index (χ0v) is 11.3. The van der Waals surface area contributed by atoms with Gasteiger partial charge in [0.2, 0.25) is 6.29 Å². The number of nitrogens with one attached hydrogen (secondary N) is 1. The molecule has 105 valence electrons. The molecule has 2 aromatic rings. The molecule has 3 rings (SSSR count). The molecule has 1 aliphatic carbocycles. The van der Waals surface area contributed by atoms with E-state index in [9.17, 15) is 9.59 Å². The molecule has 21 heavy (non-hydrogen) atoms. The first kappa shape index (κ1) is 13.4. The summed E-state index contributed by atoms with van der Waals surface area (Å²) in [5.74, 6) is 0.0309. The van der Waals surface area contributed by atoms with E-state index in [1.807, 2.05) is 24.3 Å². The van der Waals surface area contributed by atoms with E-state index in [-0.39, 0.29) is 19.1 Å². The highest BCUT2D eigenvalue weighted by Gasteiger charge is 2.28. The number of carbonyl (C=O) groups is 1. The molecule has 0 bridgehead atoms. The Morgan fingerprint density at radius 3 is 2.19 bits per heavy atom. The standard InChI is InChI=1S/C17H14NO3/c19-10-9-18-17(20)21-11-16-14-7-3-1-5-12(14)13-6-2-4-8-15(13)16/h1-8,16H,9,11H2,(H,18,20). The first-order chi connectivity index (χ1) is 10.3. The van der Waals surface area contributed by atoms with Crippen LogP contribution in [0.25, 0.3) is 11.1 Å². The zero-order chi connectivity index (χ0) is 14.7. The van der Waals surface area contributed by atoms with Gasteiger partial charge in [-0.3, -0.25) is 4.79 Å². The summed E-state index contributed by atoms with van der Waals surface area (Å²) in [6.45, 7) is 0.0926. The third kappa shape index (κ3) is 2.52. The molecule has 0 unspecified atom stereocenters. The van der Waals surface area contributed by atoms with Crippen LogP contribution in [0.2, 0.25) is 0 Å². The lowest BCUT2D eigenvalue weighted by molar-refractivity contribution is 0.144. The maximum Gasteiger partial charge on any atom is 0.407 e. The van der Waals surface area contributed by atoms with Crippen molar-refractivity contribution in [2.24, 2.45) is 0 Å². The van der Waals surface area contributed by atoms with Gasteiger partial charge >= 0.3 is 6.09 Å². The van der Waals surface area contributed by atoms with Gasteiger partial charge in [0.15, 0.2) is 0 Å². The van der Waals surface area contributed by atoms with Gasteiger partial charge in [0.25, 0.3) is 0 Å². The second-order valence-electron chi connectivity index (χ2n) is 4.82. The van der Waals surface area contributed by atoms with Crippen LogP contribution in [-0.2, 0) is 9.53 Å². The van der Waals surface area contributed by atoms with Crippen molar-refractivity contribution in [3.05, 3.63) is 59.7 Å². The number of fused-ring (bicyclic) bond motifs is 3. The molecule has 0 heterocycles. The van der Waals surface area contributed by atoms with Crippen LogP contribution < -0.4 is 5.32 Å². The molecule has 0 aliphatic heterocycles. The number of amides is 1. The van der Waals surface area contributed by atoms with E-state index in [0.29, 0.717) is 0 Å². The second-order valence-corrected chi connectivity index (χ2v) is 4.82. The normalized spacial score (nSPS) is 12.4. The predicted octanol–water partition coefficient (Wildman–Crippen LogP) is 2.63. The lowest BCUT2D eigenvalue weighted by Gasteiger charge is -2.14. The minimum Gasteiger partial charge on any atom is -0.449 e. The van der Waals surface area contributed by atoms with Gasteiger partial charge in [-0.1, -0.05) is 48.5 Å². The van der Waals surface area contributed by atoms with Crippen molar-refractivity contribution >= 4 is 12.4 Å². The Hall–Kier alpha value is -2.62. The quantitative estimate of drug-likeness (QED) is 0.936.